The lowest BCUT2D eigenvalue weighted by Gasteiger charge is -2.28. The monoisotopic (exact) mass is 560 g/mol. The highest BCUT2D eigenvalue weighted by Gasteiger charge is 2.32. The zero-order valence-corrected chi connectivity index (χ0v) is 22.8. The molecule has 13 heteroatoms. The summed E-state index contributed by atoms with van der Waals surface area (Å²) < 4.78 is 26.6. The fourth-order valence-electron chi connectivity index (χ4n) is 3.77. The van der Waals surface area contributed by atoms with Gasteiger partial charge in [-0.3, -0.25) is 4.79 Å². The van der Waals surface area contributed by atoms with E-state index in [2.05, 4.69) is 21.2 Å². The Morgan fingerprint density at radius 1 is 1.08 bits per heavy atom. The van der Waals surface area contributed by atoms with Gasteiger partial charge in [0.1, 0.15) is 0 Å². The first kappa shape index (κ1) is 29.1. The number of halogens is 1. The van der Waals surface area contributed by atoms with Crippen molar-refractivity contribution in [1.29, 1.82) is 0 Å². The summed E-state index contributed by atoms with van der Waals surface area (Å²) in [6.45, 7) is 3.13. The average molecular weight is 561 g/mol. The number of benzene rings is 2. The van der Waals surface area contributed by atoms with Crippen molar-refractivity contribution in [3.8, 4) is 23.0 Å². The van der Waals surface area contributed by atoms with E-state index in [-0.39, 0.29) is 30.3 Å². The number of hydrogen-bond donors (Lipinski definition) is 3. The maximum absolute atomic E-state index is 12.6. The molecule has 39 heavy (non-hydrogen) atoms. The number of carbonyl (C=O) groups excluding carboxylic acids is 3. The molecule has 1 heterocycles. The van der Waals surface area contributed by atoms with Crippen molar-refractivity contribution in [2.45, 2.75) is 19.9 Å². The highest BCUT2D eigenvalue weighted by molar-refractivity contribution is 6.32. The van der Waals surface area contributed by atoms with Crippen LogP contribution in [0, 0.1) is 0 Å². The molecule has 0 spiro atoms. The summed E-state index contributed by atoms with van der Waals surface area (Å²) in [5.74, 6) is 0.278. The minimum atomic E-state index is -0.775. The molecule has 208 valence electrons. The van der Waals surface area contributed by atoms with Crippen LogP contribution in [0.15, 0.2) is 46.7 Å². The van der Waals surface area contributed by atoms with Crippen LogP contribution in [-0.2, 0) is 14.3 Å². The Bertz CT molecular complexity index is 1310. The maximum Gasteiger partial charge on any atom is 0.338 e. The number of nitrogens with zero attached hydrogens (tertiary/aromatic N) is 1. The Kier molecular flexibility index (Phi) is 9.98. The molecular weight excluding hydrogens is 532 g/mol. The van der Waals surface area contributed by atoms with E-state index in [1.807, 2.05) is 0 Å². The SMILES string of the molecule is CCOC(=O)C1=C(C)NC(=O)N[C@H]1c1ccc(OCC(=O)N/N=C\c2cc(Cl)c(OC)c(OC)c2)c(OC)c1. The summed E-state index contributed by atoms with van der Waals surface area (Å²) >= 11 is 6.18. The van der Waals surface area contributed by atoms with Crippen molar-refractivity contribution < 1.29 is 38.1 Å². The van der Waals surface area contributed by atoms with Crippen molar-refractivity contribution in [3.05, 3.63) is 57.8 Å². The van der Waals surface area contributed by atoms with Gasteiger partial charge in [-0.15, -0.1) is 0 Å². The molecule has 0 bridgehead atoms. The van der Waals surface area contributed by atoms with Gasteiger partial charge in [-0.05, 0) is 49.2 Å². The van der Waals surface area contributed by atoms with E-state index in [1.54, 1.807) is 44.2 Å². The third-order valence-corrected chi connectivity index (χ3v) is 5.78. The molecule has 3 rings (SSSR count). The van der Waals surface area contributed by atoms with Crippen LogP contribution in [0.3, 0.4) is 0 Å². The number of urea groups is 1. The van der Waals surface area contributed by atoms with Crippen molar-refractivity contribution in [3.63, 3.8) is 0 Å². The van der Waals surface area contributed by atoms with Gasteiger partial charge in [0.05, 0.1) is 50.8 Å². The van der Waals surface area contributed by atoms with Gasteiger partial charge in [0.2, 0.25) is 0 Å². The van der Waals surface area contributed by atoms with E-state index in [1.165, 1.54) is 27.5 Å². The normalized spacial score (nSPS) is 14.8. The highest BCUT2D eigenvalue weighted by atomic mass is 35.5. The van der Waals surface area contributed by atoms with E-state index in [0.29, 0.717) is 33.3 Å². The number of rotatable bonds is 11. The van der Waals surface area contributed by atoms with Crippen LogP contribution in [0.25, 0.3) is 0 Å². The lowest BCUT2D eigenvalue weighted by Crippen LogP contribution is -2.45. The van der Waals surface area contributed by atoms with Crippen LogP contribution < -0.4 is 35.0 Å². The summed E-state index contributed by atoms with van der Waals surface area (Å²) in [6.07, 6.45) is 1.39. The van der Waals surface area contributed by atoms with Gasteiger partial charge >= 0.3 is 12.0 Å². The zero-order valence-electron chi connectivity index (χ0n) is 22.0. The molecule has 0 saturated heterocycles. The fraction of sp³-hybridized carbons (Fsp3) is 0.308. The van der Waals surface area contributed by atoms with Gasteiger partial charge in [-0.25, -0.2) is 15.0 Å². The lowest BCUT2D eigenvalue weighted by molar-refractivity contribution is -0.139. The summed E-state index contributed by atoms with van der Waals surface area (Å²) in [5.41, 5.74) is 4.14. The molecule has 0 radical (unpaired) electrons. The number of carbonyl (C=O) groups is 3. The first-order chi connectivity index (χ1) is 18.7. The van der Waals surface area contributed by atoms with Crippen molar-refractivity contribution in [1.82, 2.24) is 16.1 Å². The third-order valence-electron chi connectivity index (χ3n) is 5.50. The number of methoxy groups -OCH3 is 3. The topological polar surface area (TPSA) is 146 Å². The fourth-order valence-corrected chi connectivity index (χ4v) is 4.07. The van der Waals surface area contributed by atoms with E-state index in [4.69, 9.17) is 35.3 Å². The van der Waals surface area contributed by atoms with Crippen LogP contribution in [0.5, 0.6) is 23.0 Å². The van der Waals surface area contributed by atoms with Crippen LogP contribution in [-0.4, -0.2) is 58.7 Å². The van der Waals surface area contributed by atoms with E-state index in [9.17, 15) is 14.4 Å². The van der Waals surface area contributed by atoms with Crippen LogP contribution in [0.4, 0.5) is 4.79 Å². The zero-order chi connectivity index (χ0) is 28.5. The second-order valence-corrected chi connectivity index (χ2v) is 8.43. The molecule has 1 aliphatic heterocycles. The molecule has 1 atom stereocenters. The number of hydrazone groups is 1. The third kappa shape index (κ3) is 7.11. The smallest absolute Gasteiger partial charge is 0.338 e. The molecule has 2 aromatic carbocycles. The molecule has 2 aromatic rings. The standard InChI is InChI=1S/C26H29ClN4O8/c1-6-38-25(33)22-14(2)29-26(34)30-23(22)16-7-8-18(19(11-16)35-3)39-13-21(32)31-28-12-15-9-17(27)24(37-5)20(10-15)36-4/h7-12,23H,6,13H2,1-5H3,(H,31,32)(H2,29,30,34)/b28-12-/t23-/m0/s1. The molecule has 3 amide bonds. The van der Waals surface area contributed by atoms with Crippen molar-refractivity contribution >= 4 is 35.7 Å². The Morgan fingerprint density at radius 3 is 2.49 bits per heavy atom. The molecule has 0 aliphatic carbocycles. The first-order valence-electron chi connectivity index (χ1n) is 11.7. The minimum absolute atomic E-state index is 0.181. The van der Waals surface area contributed by atoms with Gasteiger partial charge in [0.15, 0.2) is 29.6 Å². The van der Waals surface area contributed by atoms with Gasteiger partial charge in [-0.2, -0.15) is 5.10 Å². The second kappa shape index (κ2) is 13.4. The second-order valence-electron chi connectivity index (χ2n) is 8.02. The highest BCUT2D eigenvalue weighted by Crippen LogP contribution is 2.36. The molecule has 0 unspecified atom stereocenters. The van der Waals surface area contributed by atoms with E-state index < -0.39 is 23.9 Å². The van der Waals surface area contributed by atoms with Gasteiger partial charge < -0.3 is 34.3 Å². The van der Waals surface area contributed by atoms with E-state index >= 15 is 0 Å². The summed E-state index contributed by atoms with van der Waals surface area (Å²) in [5, 5.41) is 9.54. The Balaban J connectivity index is 1.68. The predicted octanol–water partition coefficient (Wildman–Crippen LogP) is 3.09. The van der Waals surface area contributed by atoms with Crippen LogP contribution in [0.2, 0.25) is 5.02 Å². The number of hydrogen-bond acceptors (Lipinski definition) is 9. The summed E-state index contributed by atoms with van der Waals surface area (Å²) in [7, 11) is 4.39. The summed E-state index contributed by atoms with van der Waals surface area (Å²) in [6, 6.07) is 6.85. The van der Waals surface area contributed by atoms with Gasteiger partial charge in [0, 0.05) is 5.70 Å². The van der Waals surface area contributed by atoms with Crippen LogP contribution in [0.1, 0.15) is 31.0 Å². The molecule has 1 aliphatic rings. The molecule has 0 saturated carbocycles. The lowest BCUT2D eigenvalue weighted by atomic mass is 9.95. The molecule has 3 N–H and O–H groups in total. The molecule has 12 nitrogen and oxygen atoms in total. The summed E-state index contributed by atoms with van der Waals surface area (Å²) in [4.78, 5) is 36.9. The van der Waals surface area contributed by atoms with Crippen molar-refractivity contribution in [2.75, 3.05) is 34.5 Å². The Hall–Kier alpha value is -4.45. The Labute approximate surface area is 230 Å². The minimum Gasteiger partial charge on any atom is -0.493 e. The van der Waals surface area contributed by atoms with Crippen molar-refractivity contribution in [2.24, 2.45) is 5.10 Å². The molecule has 0 fully saturated rings. The number of allylic oxidation sites excluding steroid dienone is 1. The van der Waals surface area contributed by atoms with E-state index in [0.717, 1.165) is 0 Å². The number of amides is 3. The maximum atomic E-state index is 12.6. The molecular formula is C26H29ClN4O8. The quantitative estimate of drug-likeness (QED) is 0.216. The predicted molar refractivity (Wildman–Crippen MR) is 143 cm³/mol. The number of esters is 1. The first-order valence-corrected chi connectivity index (χ1v) is 12.1. The van der Waals surface area contributed by atoms with Gasteiger partial charge in [0.25, 0.3) is 5.91 Å². The number of ether oxygens (including phenoxy) is 5. The number of nitrogens with one attached hydrogen (secondary N) is 3. The van der Waals surface area contributed by atoms with Crippen LogP contribution >= 0.6 is 11.6 Å². The van der Waals surface area contributed by atoms with Gasteiger partial charge in [-0.1, -0.05) is 17.7 Å². The Morgan fingerprint density at radius 2 is 1.82 bits per heavy atom. The largest absolute Gasteiger partial charge is 0.493 e. The average Bonchev–Trinajstić information content (AvgIpc) is 2.91. The molecule has 0 aromatic heterocycles.